The van der Waals surface area contributed by atoms with E-state index in [-0.39, 0.29) is 11.9 Å². The smallest absolute Gasteiger partial charge is 0.407 e. The van der Waals surface area contributed by atoms with Crippen LogP contribution in [0.1, 0.15) is 32.8 Å². The van der Waals surface area contributed by atoms with Crippen molar-refractivity contribution in [2.24, 2.45) is 5.73 Å². The van der Waals surface area contributed by atoms with Gasteiger partial charge in [0, 0.05) is 12.6 Å². The van der Waals surface area contributed by atoms with Crippen LogP contribution in [0.25, 0.3) is 6.08 Å². The number of nitrogens with two attached hydrogens (primary N) is 1. The third-order valence-electron chi connectivity index (χ3n) is 2.53. The van der Waals surface area contributed by atoms with Crippen LogP contribution in [0.15, 0.2) is 30.3 Å². The molecule has 1 rings (SSSR count). The van der Waals surface area contributed by atoms with Crippen LogP contribution in [0.5, 0.6) is 0 Å². The van der Waals surface area contributed by atoms with Crippen LogP contribution in [-0.2, 0) is 4.74 Å². The summed E-state index contributed by atoms with van der Waals surface area (Å²) in [5.74, 6) is -0.259. The van der Waals surface area contributed by atoms with E-state index in [0.717, 1.165) is 5.56 Å². The average molecular weight is 294 g/mol. The number of carbonyl (C=O) groups is 1. The third kappa shape index (κ3) is 8.09. The van der Waals surface area contributed by atoms with Gasteiger partial charge in [0.25, 0.3) is 0 Å². The van der Waals surface area contributed by atoms with Crippen molar-refractivity contribution in [1.29, 1.82) is 0 Å². The van der Waals surface area contributed by atoms with Crippen LogP contribution in [0, 0.1) is 5.82 Å². The summed E-state index contributed by atoms with van der Waals surface area (Å²) in [6, 6.07) is 5.99. The van der Waals surface area contributed by atoms with Crippen LogP contribution in [-0.4, -0.2) is 24.3 Å². The lowest BCUT2D eigenvalue weighted by molar-refractivity contribution is 0.0524. The lowest BCUT2D eigenvalue weighted by Crippen LogP contribution is -2.39. The number of halogens is 1. The highest BCUT2D eigenvalue weighted by molar-refractivity contribution is 5.67. The van der Waals surface area contributed by atoms with Gasteiger partial charge in [-0.25, -0.2) is 9.18 Å². The van der Waals surface area contributed by atoms with E-state index in [1.54, 1.807) is 32.9 Å². The highest BCUT2D eigenvalue weighted by atomic mass is 19.1. The van der Waals surface area contributed by atoms with Crippen molar-refractivity contribution in [3.63, 3.8) is 0 Å². The van der Waals surface area contributed by atoms with Gasteiger partial charge in [-0.1, -0.05) is 24.3 Å². The molecule has 0 saturated heterocycles. The van der Waals surface area contributed by atoms with Crippen molar-refractivity contribution >= 4 is 12.2 Å². The molecule has 0 aromatic heterocycles. The number of hydrogen-bond acceptors (Lipinski definition) is 3. The molecule has 5 heteroatoms. The van der Waals surface area contributed by atoms with Crippen molar-refractivity contribution < 1.29 is 13.9 Å². The topological polar surface area (TPSA) is 64.3 Å². The molecule has 21 heavy (non-hydrogen) atoms. The first-order chi connectivity index (χ1) is 9.76. The molecule has 3 N–H and O–H groups in total. The van der Waals surface area contributed by atoms with Crippen LogP contribution < -0.4 is 11.1 Å². The molecule has 1 aromatic carbocycles. The zero-order chi connectivity index (χ0) is 15.9. The number of ether oxygens (including phenoxy) is 1. The summed E-state index contributed by atoms with van der Waals surface area (Å²) in [6.07, 6.45) is 3.90. The number of rotatable bonds is 5. The minimum atomic E-state index is -0.517. The molecule has 0 aliphatic heterocycles. The predicted molar refractivity (Wildman–Crippen MR) is 82.3 cm³/mol. The molecule has 116 valence electrons. The summed E-state index contributed by atoms with van der Waals surface area (Å²) < 4.78 is 17.8. The molecule has 0 saturated carbocycles. The third-order valence-corrected chi connectivity index (χ3v) is 2.53. The molecule has 0 radical (unpaired) electrons. The summed E-state index contributed by atoms with van der Waals surface area (Å²) in [4.78, 5) is 11.4. The van der Waals surface area contributed by atoms with Crippen molar-refractivity contribution in [2.75, 3.05) is 6.54 Å². The summed E-state index contributed by atoms with van der Waals surface area (Å²) in [7, 11) is 0. The fourth-order valence-corrected chi connectivity index (χ4v) is 1.56. The van der Waals surface area contributed by atoms with Gasteiger partial charge in [0.15, 0.2) is 0 Å². The van der Waals surface area contributed by atoms with Gasteiger partial charge >= 0.3 is 6.09 Å². The van der Waals surface area contributed by atoms with Gasteiger partial charge in [0.1, 0.15) is 11.4 Å². The standard InChI is InChI=1S/C16H23FN2O2/c1-16(2,3)21-15(20)19-11-14(18)6-4-5-12-7-9-13(17)10-8-12/h4-5,7-10,14H,6,11,18H2,1-3H3,(H,19,20)/b5-4+. The molecule has 1 atom stereocenters. The van der Waals surface area contributed by atoms with Gasteiger partial charge in [-0.05, 0) is 44.9 Å². The quantitative estimate of drug-likeness (QED) is 0.877. The summed E-state index contributed by atoms with van der Waals surface area (Å²) >= 11 is 0. The van der Waals surface area contributed by atoms with Gasteiger partial charge < -0.3 is 15.8 Å². The second-order valence-electron chi connectivity index (χ2n) is 5.83. The number of alkyl carbamates (subject to hydrolysis) is 1. The summed E-state index contributed by atoms with van der Waals surface area (Å²) in [5, 5.41) is 2.63. The molecule has 1 unspecified atom stereocenters. The SMILES string of the molecule is CC(C)(C)OC(=O)NCC(N)C/C=C/c1ccc(F)cc1. The number of amides is 1. The monoisotopic (exact) mass is 294 g/mol. The van der Waals surface area contributed by atoms with Gasteiger partial charge in [0.05, 0.1) is 0 Å². The molecular weight excluding hydrogens is 271 g/mol. The van der Waals surface area contributed by atoms with Gasteiger partial charge in [-0.2, -0.15) is 0 Å². The Kier molecular flexibility index (Phi) is 6.37. The normalized spacial score (nSPS) is 13.2. The van der Waals surface area contributed by atoms with Gasteiger partial charge in [-0.15, -0.1) is 0 Å². The Balaban J connectivity index is 2.29. The van der Waals surface area contributed by atoms with E-state index in [9.17, 15) is 9.18 Å². The maximum absolute atomic E-state index is 12.7. The van der Waals surface area contributed by atoms with Crippen molar-refractivity contribution in [1.82, 2.24) is 5.32 Å². The molecule has 0 aliphatic rings. The maximum atomic E-state index is 12.7. The summed E-state index contributed by atoms with van der Waals surface area (Å²) in [6.45, 7) is 5.75. The molecule has 4 nitrogen and oxygen atoms in total. The van der Waals surface area contributed by atoms with Crippen LogP contribution in [0.2, 0.25) is 0 Å². The predicted octanol–water partition coefficient (Wildman–Crippen LogP) is 3.08. The first-order valence-corrected chi connectivity index (χ1v) is 6.91. The van der Waals surface area contributed by atoms with Crippen LogP contribution in [0.4, 0.5) is 9.18 Å². The minimum Gasteiger partial charge on any atom is -0.444 e. The fraction of sp³-hybridized carbons (Fsp3) is 0.438. The molecule has 0 fully saturated rings. The Morgan fingerprint density at radius 1 is 1.38 bits per heavy atom. The van der Waals surface area contributed by atoms with E-state index in [4.69, 9.17) is 10.5 Å². The number of nitrogens with one attached hydrogen (secondary N) is 1. The molecule has 0 bridgehead atoms. The Bertz CT molecular complexity index is 478. The van der Waals surface area contributed by atoms with Crippen LogP contribution in [0.3, 0.4) is 0 Å². The van der Waals surface area contributed by atoms with E-state index < -0.39 is 11.7 Å². The van der Waals surface area contributed by atoms with Crippen molar-refractivity contribution in [2.45, 2.75) is 38.8 Å². The van der Waals surface area contributed by atoms with E-state index in [1.165, 1.54) is 12.1 Å². The number of hydrogen-bond donors (Lipinski definition) is 2. The molecule has 1 amide bonds. The van der Waals surface area contributed by atoms with E-state index in [2.05, 4.69) is 5.32 Å². The first-order valence-electron chi connectivity index (χ1n) is 6.91. The molecular formula is C16H23FN2O2. The Morgan fingerprint density at radius 3 is 2.57 bits per heavy atom. The Labute approximate surface area is 125 Å². The lowest BCUT2D eigenvalue weighted by atomic mass is 10.1. The first kappa shape index (κ1) is 17.2. The largest absolute Gasteiger partial charge is 0.444 e. The van der Waals surface area contributed by atoms with Gasteiger partial charge in [-0.3, -0.25) is 0 Å². The number of benzene rings is 1. The fourth-order valence-electron chi connectivity index (χ4n) is 1.56. The minimum absolute atomic E-state index is 0.200. The van der Waals surface area contributed by atoms with E-state index in [0.29, 0.717) is 13.0 Å². The summed E-state index contributed by atoms with van der Waals surface area (Å²) in [5.41, 5.74) is 6.28. The van der Waals surface area contributed by atoms with Gasteiger partial charge in [0.2, 0.25) is 0 Å². The second kappa shape index (κ2) is 7.78. The van der Waals surface area contributed by atoms with Crippen LogP contribution >= 0.6 is 0 Å². The highest BCUT2D eigenvalue weighted by Gasteiger charge is 2.16. The number of carbonyl (C=O) groups excluding carboxylic acids is 1. The van der Waals surface area contributed by atoms with E-state index >= 15 is 0 Å². The van der Waals surface area contributed by atoms with Crippen molar-refractivity contribution in [3.05, 3.63) is 41.7 Å². The second-order valence-corrected chi connectivity index (χ2v) is 5.83. The molecule has 0 spiro atoms. The lowest BCUT2D eigenvalue weighted by Gasteiger charge is -2.20. The highest BCUT2D eigenvalue weighted by Crippen LogP contribution is 2.07. The Hall–Kier alpha value is -1.88. The Morgan fingerprint density at radius 2 is 2.00 bits per heavy atom. The zero-order valence-corrected chi connectivity index (χ0v) is 12.7. The zero-order valence-electron chi connectivity index (χ0n) is 12.7. The van der Waals surface area contributed by atoms with E-state index in [1.807, 2.05) is 12.2 Å². The molecule has 1 aromatic rings. The maximum Gasteiger partial charge on any atom is 0.407 e. The molecule has 0 aliphatic carbocycles. The average Bonchev–Trinajstić information content (AvgIpc) is 2.37. The molecule has 0 heterocycles. The van der Waals surface area contributed by atoms with Crippen molar-refractivity contribution in [3.8, 4) is 0 Å².